The molecular formula is C12H25N3O2. The summed E-state index contributed by atoms with van der Waals surface area (Å²) < 4.78 is 0. The third-order valence-electron chi connectivity index (χ3n) is 3.99. The van der Waals surface area contributed by atoms with Gasteiger partial charge in [-0.25, -0.2) is 0 Å². The second-order valence-corrected chi connectivity index (χ2v) is 5.26. The molecule has 0 aromatic heterocycles. The van der Waals surface area contributed by atoms with E-state index in [0.29, 0.717) is 0 Å². The van der Waals surface area contributed by atoms with Crippen LogP contribution in [-0.2, 0) is 0 Å². The Morgan fingerprint density at radius 1 is 0.882 bits per heavy atom. The number of aliphatic hydroxyl groups excluding tert-OH is 1. The number of β-amino-alcohol motifs (C(OH)–C–C–N with tert-alkyl or cyclic N) is 1. The molecule has 2 N–H and O–H groups in total. The van der Waals surface area contributed by atoms with Crippen LogP contribution in [0.5, 0.6) is 0 Å². The van der Waals surface area contributed by atoms with Crippen LogP contribution in [0.2, 0.25) is 0 Å². The van der Waals surface area contributed by atoms with Gasteiger partial charge in [-0.15, -0.1) is 0 Å². The summed E-state index contributed by atoms with van der Waals surface area (Å²) in [7, 11) is 0. The maximum atomic E-state index is 9.32. The molecular weight excluding hydrogens is 218 g/mol. The molecule has 100 valence electrons. The molecule has 0 radical (unpaired) electrons. The number of piperidine rings is 1. The Kier molecular flexibility index (Phi) is 5.18. The zero-order valence-corrected chi connectivity index (χ0v) is 10.6. The first-order valence-electron chi connectivity index (χ1n) is 6.77. The van der Waals surface area contributed by atoms with Crippen LogP contribution in [0.15, 0.2) is 0 Å². The highest BCUT2D eigenvalue weighted by molar-refractivity contribution is 4.76. The van der Waals surface area contributed by atoms with E-state index in [1.165, 1.54) is 11.6 Å². The van der Waals surface area contributed by atoms with E-state index in [0.717, 1.165) is 64.6 Å². The van der Waals surface area contributed by atoms with Gasteiger partial charge < -0.3 is 15.2 Å². The Labute approximate surface area is 104 Å². The van der Waals surface area contributed by atoms with E-state index in [1.807, 2.05) is 0 Å². The quantitative estimate of drug-likeness (QED) is 0.710. The minimum absolute atomic E-state index is 0.273. The second kappa shape index (κ2) is 6.66. The van der Waals surface area contributed by atoms with Crippen LogP contribution in [0.1, 0.15) is 12.8 Å². The van der Waals surface area contributed by atoms with Gasteiger partial charge in [0.1, 0.15) is 0 Å². The van der Waals surface area contributed by atoms with E-state index in [-0.39, 0.29) is 6.61 Å². The van der Waals surface area contributed by atoms with E-state index in [1.54, 1.807) is 0 Å². The van der Waals surface area contributed by atoms with Crippen molar-refractivity contribution in [1.29, 1.82) is 0 Å². The van der Waals surface area contributed by atoms with Crippen LogP contribution in [0.3, 0.4) is 0 Å². The zero-order chi connectivity index (χ0) is 12.1. The number of piperazine rings is 1. The summed E-state index contributed by atoms with van der Waals surface area (Å²) in [5.74, 6) is 0.753. The minimum Gasteiger partial charge on any atom is -0.395 e. The number of hydroxylamine groups is 2. The van der Waals surface area contributed by atoms with Crippen LogP contribution in [0.25, 0.3) is 0 Å². The van der Waals surface area contributed by atoms with E-state index in [2.05, 4.69) is 9.80 Å². The largest absolute Gasteiger partial charge is 0.395 e. The predicted molar refractivity (Wildman–Crippen MR) is 66.0 cm³/mol. The van der Waals surface area contributed by atoms with E-state index < -0.39 is 0 Å². The molecule has 17 heavy (non-hydrogen) atoms. The molecule has 5 nitrogen and oxygen atoms in total. The van der Waals surface area contributed by atoms with Crippen molar-refractivity contribution in [2.24, 2.45) is 5.92 Å². The molecule has 0 bridgehead atoms. The molecule has 2 rings (SSSR count). The number of nitrogens with zero attached hydrogens (tertiary/aromatic N) is 3. The fourth-order valence-electron chi connectivity index (χ4n) is 2.80. The highest BCUT2D eigenvalue weighted by atomic mass is 16.5. The predicted octanol–water partition coefficient (Wildman–Crippen LogP) is -0.302. The lowest BCUT2D eigenvalue weighted by Gasteiger charge is -2.37. The average molecular weight is 243 g/mol. The summed E-state index contributed by atoms with van der Waals surface area (Å²) in [5.41, 5.74) is 0. The van der Waals surface area contributed by atoms with Crippen LogP contribution >= 0.6 is 0 Å². The fraction of sp³-hybridized carbons (Fsp3) is 1.00. The van der Waals surface area contributed by atoms with Crippen molar-refractivity contribution in [2.75, 3.05) is 59.0 Å². The van der Waals surface area contributed by atoms with Gasteiger partial charge in [0.2, 0.25) is 0 Å². The van der Waals surface area contributed by atoms with Crippen LogP contribution < -0.4 is 0 Å². The highest BCUT2D eigenvalue weighted by Gasteiger charge is 2.22. The van der Waals surface area contributed by atoms with Gasteiger partial charge >= 0.3 is 0 Å². The Morgan fingerprint density at radius 2 is 1.47 bits per heavy atom. The maximum absolute atomic E-state index is 9.32. The van der Waals surface area contributed by atoms with Gasteiger partial charge in [-0.3, -0.25) is 4.90 Å². The van der Waals surface area contributed by atoms with Crippen LogP contribution in [0, 0.1) is 5.92 Å². The molecule has 0 atom stereocenters. The van der Waals surface area contributed by atoms with Gasteiger partial charge in [0.05, 0.1) is 6.61 Å². The lowest BCUT2D eigenvalue weighted by Crippen LogP contribution is -2.49. The van der Waals surface area contributed by atoms with Gasteiger partial charge in [0, 0.05) is 52.4 Å². The molecule has 2 aliphatic rings. The molecule has 0 unspecified atom stereocenters. The molecule has 0 aliphatic carbocycles. The third-order valence-corrected chi connectivity index (χ3v) is 3.99. The van der Waals surface area contributed by atoms with Gasteiger partial charge in [-0.05, 0) is 18.8 Å². The average Bonchev–Trinajstić information content (AvgIpc) is 2.35. The van der Waals surface area contributed by atoms with Crippen molar-refractivity contribution >= 4 is 0 Å². The normalized spacial score (nSPS) is 26.5. The summed E-state index contributed by atoms with van der Waals surface area (Å²) in [4.78, 5) is 4.86. The maximum Gasteiger partial charge on any atom is 0.0558 e. The van der Waals surface area contributed by atoms with Gasteiger partial charge in [0.15, 0.2) is 0 Å². The van der Waals surface area contributed by atoms with Crippen molar-refractivity contribution in [1.82, 2.24) is 14.9 Å². The molecule has 2 saturated heterocycles. The van der Waals surface area contributed by atoms with E-state index in [9.17, 15) is 5.21 Å². The molecule has 2 aliphatic heterocycles. The molecule has 2 fully saturated rings. The first kappa shape index (κ1) is 13.2. The Morgan fingerprint density at radius 3 is 2.06 bits per heavy atom. The molecule has 2 heterocycles. The van der Waals surface area contributed by atoms with E-state index >= 15 is 0 Å². The summed E-state index contributed by atoms with van der Waals surface area (Å²) >= 11 is 0. The standard InChI is InChI=1S/C12H25N3O2/c16-10-9-13-5-7-14(8-6-13)11-12-1-3-15(17)4-2-12/h12,16-17H,1-11H2. The topological polar surface area (TPSA) is 50.2 Å². The van der Waals surface area contributed by atoms with Gasteiger partial charge in [0.25, 0.3) is 0 Å². The molecule has 0 spiro atoms. The Bertz CT molecular complexity index is 212. The highest BCUT2D eigenvalue weighted by Crippen LogP contribution is 2.17. The summed E-state index contributed by atoms with van der Waals surface area (Å²) in [6, 6.07) is 0. The lowest BCUT2D eigenvalue weighted by molar-refractivity contribution is -0.113. The number of hydrogen-bond donors (Lipinski definition) is 2. The number of aliphatic hydroxyl groups is 1. The second-order valence-electron chi connectivity index (χ2n) is 5.26. The first-order chi connectivity index (χ1) is 8.28. The molecule has 0 aromatic carbocycles. The monoisotopic (exact) mass is 243 g/mol. The van der Waals surface area contributed by atoms with Gasteiger partial charge in [-0.1, -0.05) is 0 Å². The molecule has 0 saturated carbocycles. The summed E-state index contributed by atoms with van der Waals surface area (Å²) in [6.07, 6.45) is 2.24. The minimum atomic E-state index is 0.273. The molecule has 0 aromatic rings. The van der Waals surface area contributed by atoms with Gasteiger partial charge in [-0.2, -0.15) is 5.06 Å². The third kappa shape index (κ3) is 4.19. The van der Waals surface area contributed by atoms with Crippen molar-refractivity contribution < 1.29 is 10.3 Å². The van der Waals surface area contributed by atoms with E-state index in [4.69, 9.17) is 5.11 Å². The SMILES string of the molecule is OCCN1CCN(CC2CCN(O)CC2)CC1. The van der Waals surface area contributed by atoms with Crippen molar-refractivity contribution in [3.63, 3.8) is 0 Å². The summed E-state index contributed by atoms with van der Waals surface area (Å²) in [6.45, 7) is 8.34. The number of rotatable bonds is 4. The van der Waals surface area contributed by atoms with Crippen LogP contribution in [0.4, 0.5) is 0 Å². The summed E-state index contributed by atoms with van der Waals surface area (Å²) in [5, 5.41) is 19.6. The smallest absolute Gasteiger partial charge is 0.0558 e. The van der Waals surface area contributed by atoms with Crippen molar-refractivity contribution in [3.05, 3.63) is 0 Å². The fourth-order valence-corrected chi connectivity index (χ4v) is 2.80. The molecule has 0 amide bonds. The van der Waals surface area contributed by atoms with Crippen molar-refractivity contribution in [3.8, 4) is 0 Å². The Balaban J connectivity index is 1.64. The Hall–Kier alpha value is -0.200. The number of hydrogen-bond acceptors (Lipinski definition) is 5. The van der Waals surface area contributed by atoms with Crippen LogP contribution in [-0.4, -0.2) is 84.1 Å². The van der Waals surface area contributed by atoms with Crippen molar-refractivity contribution in [2.45, 2.75) is 12.8 Å². The zero-order valence-electron chi connectivity index (χ0n) is 10.6. The molecule has 5 heteroatoms. The first-order valence-corrected chi connectivity index (χ1v) is 6.77. The lowest BCUT2D eigenvalue weighted by atomic mass is 9.97.